The monoisotopic (exact) mass is 255 g/mol. The van der Waals surface area contributed by atoms with Gasteiger partial charge in [-0.1, -0.05) is 25.9 Å². The number of ether oxygens (including phenoxy) is 1. The zero-order valence-electron chi connectivity index (χ0n) is 11.7. The highest BCUT2D eigenvalue weighted by Crippen LogP contribution is 2.05. The molecule has 0 fully saturated rings. The number of nitrogens with one attached hydrogen (secondary N) is 1. The predicted molar refractivity (Wildman–Crippen MR) is 71.3 cm³/mol. The van der Waals surface area contributed by atoms with Crippen molar-refractivity contribution in [3.63, 3.8) is 0 Å². The van der Waals surface area contributed by atoms with Gasteiger partial charge in [-0.2, -0.15) is 0 Å². The summed E-state index contributed by atoms with van der Waals surface area (Å²) >= 11 is 0. The van der Waals surface area contributed by atoms with Crippen LogP contribution in [0, 0.1) is 0 Å². The highest BCUT2D eigenvalue weighted by molar-refractivity contribution is 5.04. The van der Waals surface area contributed by atoms with Gasteiger partial charge in [0.15, 0.2) is 5.76 Å². The maximum Gasteiger partial charge on any atom is 0.162 e. The van der Waals surface area contributed by atoms with E-state index < -0.39 is 0 Å². The molecule has 104 valence electrons. The van der Waals surface area contributed by atoms with Crippen molar-refractivity contribution < 1.29 is 9.26 Å². The van der Waals surface area contributed by atoms with Gasteiger partial charge in [0.2, 0.25) is 0 Å². The Bertz CT molecular complexity index is 311. The number of hydrogen-bond acceptors (Lipinski definition) is 5. The zero-order chi connectivity index (χ0) is 13.2. The minimum Gasteiger partial charge on any atom is -0.372 e. The van der Waals surface area contributed by atoms with E-state index in [2.05, 4.69) is 36.1 Å². The molecule has 0 bridgehead atoms. The molecule has 1 N–H and O–H groups in total. The SMILES string of the molecule is CCNCc1cc(COCCN(CC)CC)on1. The lowest BCUT2D eigenvalue weighted by molar-refractivity contribution is 0.0807. The van der Waals surface area contributed by atoms with E-state index in [4.69, 9.17) is 9.26 Å². The van der Waals surface area contributed by atoms with Crippen LogP contribution in [0.5, 0.6) is 0 Å². The van der Waals surface area contributed by atoms with Gasteiger partial charge in [-0.25, -0.2) is 0 Å². The van der Waals surface area contributed by atoms with Crippen molar-refractivity contribution in [1.82, 2.24) is 15.4 Å². The van der Waals surface area contributed by atoms with Gasteiger partial charge in [0.05, 0.1) is 12.3 Å². The summed E-state index contributed by atoms with van der Waals surface area (Å²) in [5.74, 6) is 0.794. The third kappa shape index (κ3) is 5.62. The van der Waals surface area contributed by atoms with E-state index in [1.165, 1.54) is 0 Å². The third-order valence-corrected chi connectivity index (χ3v) is 2.85. The highest BCUT2D eigenvalue weighted by atomic mass is 16.5. The molecule has 0 aromatic carbocycles. The summed E-state index contributed by atoms with van der Waals surface area (Å²) in [6.45, 7) is 12.4. The van der Waals surface area contributed by atoms with E-state index >= 15 is 0 Å². The lowest BCUT2D eigenvalue weighted by Crippen LogP contribution is -2.26. The number of nitrogens with zero attached hydrogens (tertiary/aromatic N) is 2. The normalized spacial score (nSPS) is 11.3. The first-order valence-corrected chi connectivity index (χ1v) is 6.75. The topological polar surface area (TPSA) is 50.5 Å². The first kappa shape index (κ1) is 15.1. The van der Waals surface area contributed by atoms with Crippen molar-refractivity contribution in [2.45, 2.75) is 33.9 Å². The minimum atomic E-state index is 0.500. The number of hydrogen-bond donors (Lipinski definition) is 1. The molecule has 0 saturated carbocycles. The quantitative estimate of drug-likeness (QED) is 0.644. The number of rotatable bonds is 10. The maximum atomic E-state index is 5.58. The molecule has 5 nitrogen and oxygen atoms in total. The van der Waals surface area contributed by atoms with Crippen molar-refractivity contribution in [3.05, 3.63) is 17.5 Å². The summed E-state index contributed by atoms with van der Waals surface area (Å²) in [4.78, 5) is 2.33. The summed E-state index contributed by atoms with van der Waals surface area (Å²) in [6.07, 6.45) is 0. The van der Waals surface area contributed by atoms with Crippen molar-refractivity contribution >= 4 is 0 Å². The largest absolute Gasteiger partial charge is 0.372 e. The molecule has 0 aliphatic rings. The standard InChI is InChI=1S/C13H25N3O2/c1-4-14-10-12-9-13(18-15-12)11-17-8-7-16(5-2)6-3/h9,14H,4-8,10-11H2,1-3H3. The second kappa shape index (κ2) is 9.08. The number of likely N-dealkylation sites (N-methyl/N-ethyl adjacent to an activating group) is 1. The molecule has 0 spiro atoms. The lowest BCUT2D eigenvalue weighted by Gasteiger charge is -2.17. The van der Waals surface area contributed by atoms with Gasteiger partial charge >= 0.3 is 0 Å². The molecular weight excluding hydrogens is 230 g/mol. The zero-order valence-corrected chi connectivity index (χ0v) is 11.7. The molecule has 18 heavy (non-hydrogen) atoms. The van der Waals surface area contributed by atoms with Crippen LogP contribution in [0.2, 0.25) is 0 Å². The fourth-order valence-electron chi connectivity index (χ4n) is 1.67. The molecule has 0 radical (unpaired) electrons. The first-order valence-electron chi connectivity index (χ1n) is 6.75. The summed E-state index contributed by atoms with van der Waals surface area (Å²) in [5.41, 5.74) is 0.930. The van der Waals surface area contributed by atoms with E-state index in [9.17, 15) is 0 Å². The van der Waals surface area contributed by atoms with Crippen LogP contribution in [0.4, 0.5) is 0 Å². The van der Waals surface area contributed by atoms with Gasteiger partial charge in [0.25, 0.3) is 0 Å². The van der Waals surface area contributed by atoms with Crippen molar-refractivity contribution in [2.24, 2.45) is 0 Å². The summed E-state index contributed by atoms with van der Waals surface area (Å²) < 4.78 is 10.8. The van der Waals surface area contributed by atoms with E-state index in [0.29, 0.717) is 6.61 Å². The van der Waals surface area contributed by atoms with Gasteiger partial charge < -0.3 is 19.5 Å². The molecular formula is C13H25N3O2. The fraction of sp³-hybridized carbons (Fsp3) is 0.769. The Hall–Kier alpha value is -0.910. The summed E-state index contributed by atoms with van der Waals surface area (Å²) in [5, 5.41) is 7.18. The second-order valence-electron chi connectivity index (χ2n) is 4.14. The average molecular weight is 255 g/mol. The van der Waals surface area contributed by atoms with E-state index in [1.807, 2.05) is 6.07 Å². The molecule has 0 aliphatic carbocycles. The van der Waals surface area contributed by atoms with Crippen LogP contribution in [0.25, 0.3) is 0 Å². The van der Waals surface area contributed by atoms with Crippen LogP contribution in [0.15, 0.2) is 10.6 Å². The summed E-state index contributed by atoms with van der Waals surface area (Å²) in [6, 6.07) is 1.94. The van der Waals surface area contributed by atoms with Gasteiger partial charge in [-0.15, -0.1) is 0 Å². The van der Waals surface area contributed by atoms with Crippen molar-refractivity contribution in [2.75, 3.05) is 32.8 Å². The first-order chi connectivity index (χ1) is 8.80. The second-order valence-corrected chi connectivity index (χ2v) is 4.14. The molecule has 0 unspecified atom stereocenters. The van der Waals surface area contributed by atoms with E-state index in [-0.39, 0.29) is 0 Å². The van der Waals surface area contributed by atoms with E-state index in [0.717, 1.165) is 50.8 Å². The van der Waals surface area contributed by atoms with Crippen molar-refractivity contribution in [1.29, 1.82) is 0 Å². The molecule has 5 heteroatoms. The fourth-order valence-corrected chi connectivity index (χ4v) is 1.67. The van der Waals surface area contributed by atoms with E-state index in [1.54, 1.807) is 0 Å². The van der Waals surface area contributed by atoms with Gasteiger partial charge in [-0.05, 0) is 19.6 Å². The Kier molecular flexibility index (Phi) is 7.64. The summed E-state index contributed by atoms with van der Waals surface area (Å²) in [7, 11) is 0. The van der Waals surface area contributed by atoms with Crippen LogP contribution in [-0.4, -0.2) is 42.8 Å². The molecule has 1 heterocycles. The predicted octanol–water partition coefficient (Wildman–Crippen LogP) is 1.64. The smallest absolute Gasteiger partial charge is 0.162 e. The molecule has 0 saturated heterocycles. The van der Waals surface area contributed by atoms with Crippen LogP contribution in [0.3, 0.4) is 0 Å². The highest BCUT2D eigenvalue weighted by Gasteiger charge is 2.04. The number of aromatic nitrogens is 1. The Labute approximate surface area is 109 Å². The Morgan fingerprint density at radius 3 is 2.78 bits per heavy atom. The maximum absolute atomic E-state index is 5.58. The molecule has 1 rings (SSSR count). The van der Waals surface area contributed by atoms with Crippen molar-refractivity contribution in [3.8, 4) is 0 Å². The Morgan fingerprint density at radius 2 is 2.11 bits per heavy atom. The van der Waals surface area contributed by atoms with Crippen LogP contribution in [-0.2, 0) is 17.9 Å². The van der Waals surface area contributed by atoms with Crippen LogP contribution < -0.4 is 5.32 Å². The Balaban J connectivity index is 2.17. The van der Waals surface area contributed by atoms with Gasteiger partial charge in [0.1, 0.15) is 6.61 Å². The van der Waals surface area contributed by atoms with Crippen LogP contribution in [0.1, 0.15) is 32.2 Å². The van der Waals surface area contributed by atoms with Gasteiger partial charge in [-0.3, -0.25) is 0 Å². The average Bonchev–Trinajstić information content (AvgIpc) is 2.84. The third-order valence-electron chi connectivity index (χ3n) is 2.85. The molecule has 0 atom stereocenters. The minimum absolute atomic E-state index is 0.500. The lowest BCUT2D eigenvalue weighted by atomic mass is 10.3. The molecule has 1 aromatic rings. The van der Waals surface area contributed by atoms with Crippen LogP contribution >= 0.6 is 0 Å². The molecule has 0 aliphatic heterocycles. The molecule has 1 aromatic heterocycles. The molecule has 0 amide bonds. The van der Waals surface area contributed by atoms with Gasteiger partial charge in [0, 0.05) is 19.2 Å². The Morgan fingerprint density at radius 1 is 1.33 bits per heavy atom.